The zero-order valence-corrected chi connectivity index (χ0v) is 16.1. The Morgan fingerprint density at radius 3 is 2.37 bits per heavy atom. The minimum absolute atomic E-state index is 0.0851. The third-order valence-corrected chi connectivity index (χ3v) is 7.38. The summed E-state index contributed by atoms with van der Waals surface area (Å²) in [5.41, 5.74) is 1.28. The minimum atomic E-state index is -0.194. The predicted octanol–water partition coefficient (Wildman–Crippen LogP) is 3.57. The fraction of sp³-hybridized carbons (Fsp3) is 0.652. The predicted molar refractivity (Wildman–Crippen MR) is 104 cm³/mol. The van der Waals surface area contributed by atoms with E-state index in [1.807, 2.05) is 11.0 Å². The molecule has 0 bridgehead atoms. The second-order valence-corrected chi connectivity index (χ2v) is 9.00. The molecule has 0 radical (unpaired) electrons. The molecule has 4 aliphatic rings. The van der Waals surface area contributed by atoms with Gasteiger partial charge in [0.25, 0.3) is 0 Å². The van der Waals surface area contributed by atoms with Gasteiger partial charge in [-0.05, 0) is 55.9 Å². The molecule has 4 nitrogen and oxygen atoms in total. The first-order valence-electron chi connectivity index (χ1n) is 10.9. The molecule has 2 aliphatic heterocycles. The van der Waals surface area contributed by atoms with Gasteiger partial charge in [0, 0.05) is 25.0 Å². The number of carbonyl (C=O) groups excluding carboxylic acids is 2. The molecule has 2 saturated heterocycles. The van der Waals surface area contributed by atoms with Gasteiger partial charge >= 0.3 is 0 Å². The SMILES string of the molecule is O=C(C1CC2CCCCC2N1C(=O)[C@H]1C[C@@H]1c1ccccc1)N1CCCC1. The van der Waals surface area contributed by atoms with Crippen LogP contribution < -0.4 is 0 Å². The van der Waals surface area contributed by atoms with E-state index in [0.29, 0.717) is 17.9 Å². The monoisotopic (exact) mass is 366 g/mol. The Kier molecular flexibility index (Phi) is 4.45. The summed E-state index contributed by atoms with van der Waals surface area (Å²) in [6.07, 6.45) is 8.78. The third-order valence-electron chi connectivity index (χ3n) is 7.38. The number of carbonyl (C=O) groups is 2. The molecule has 4 heteroatoms. The molecule has 2 heterocycles. The summed E-state index contributed by atoms with van der Waals surface area (Å²) in [7, 11) is 0. The second kappa shape index (κ2) is 6.96. The van der Waals surface area contributed by atoms with Gasteiger partial charge in [0.05, 0.1) is 0 Å². The van der Waals surface area contributed by atoms with Crippen LogP contribution in [0.3, 0.4) is 0 Å². The lowest BCUT2D eigenvalue weighted by atomic mass is 9.84. The van der Waals surface area contributed by atoms with Crippen molar-refractivity contribution in [3.63, 3.8) is 0 Å². The van der Waals surface area contributed by atoms with E-state index in [9.17, 15) is 9.59 Å². The summed E-state index contributed by atoms with van der Waals surface area (Å²) in [4.78, 5) is 30.9. The van der Waals surface area contributed by atoms with Gasteiger partial charge in [-0.15, -0.1) is 0 Å². The Bertz CT molecular complexity index is 712. The molecule has 4 fully saturated rings. The average molecular weight is 367 g/mol. The van der Waals surface area contributed by atoms with Crippen LogP contribution in [-0.2, 0) is 9.59 Å². The highest BCUT2D eigenvalue weighted by molar-refractivity contribution is 5.91. The molecular weight excluding hydrogens is 336 g/mol. The molecule has 1 aromatic carbocycles. The first-order valence-corrected chi connectivity index (χ1v) is 10.9. The molecule has 0 aromatic heterocycles. The molecule has 0 spiro atoms. The van der Waals surface area contributed by atoms with Crippen LogP contribution in [0.25, 0.3) is 0 Å². The van der Waals surface area contributed by atoms with Crippen LogP contribution in [0.2, 0.25) is 0 Å². The van der Waals surface area contributed by atoms with Crippen molar-refractivity contribution in [1.82, 2.24) is 9.80 Å². The van der Waals surface area contributed by atoms with Crippen LogP contribution in [0, 0.1) is 11.8 Å². The van der Waals surface area contributed by atoms with E-state index in [2.05, 4.69) is 29.2 Å². The summed E-state index contributed by atoms with van der Waals surface area (Å²) in [6.45, 7) is 1.76. The number of benzene rings is 1. The quantitative estimate of drug-likeness (QED) is 0.820. The zero-order valence-electron chi connectivity index (χ0n) is 16.1. The summed E-state index contributed by atoms with van der Waals surface area (Å²) in [6, 6.07) is 10.5. The Hall–Kier alpha value is -1.84. The Morgan fingerprint density at radius 2 is 1.59 bits per heavy atom. The summed E-state index contributed by atoms with van der Waals surface area (Å²) in [5.74, 6) is 1.46. The average Bonchev–Trinajstić information content (AvgIpc) is 3.14. The van der Waals surface area contributed by atoms with Crippen LogP contribution in [0.1, 0.15) is 62.8 Å². The van der Waals surface area contributed by atoms with Crippen molar-refractivity contribution in [2.24, 2.45) is 11.8 Å². The summed E-state index contributed by atoms with van der Waals surface area (Å²) < 4.78 is 0. The summed E-state index contributed by atoms with van der Waals surface area (Å²) >= 11 is 0. The van der Waals surface area contributed by atoms with Crippen molar-refractivity contribution in [1.29, 1.82) is 0 Å². The number of likely N-dealkylation sites (tertiary alicyclic amines) is 2. The van der Waals surface area contributed by atoms with Crippen LogP contribution in [0.5, 0.6) is 0 Å². The van der Waals surface area contributed by atoms with Gasteiger partial charge in [0.2, 0.25) is 11.8 Å². The van der Waals surface area contributed by atoms with Crippen LogP contribution >= 0.6 is 0 Å². The fourth-order valence-electron chi connectivity index (χ4n) is 5.87. The highest BCUT2D eigenvalue weighted by Crippen LogP contribution is 2.51. The number of hydrogen-bond donors (Lipinski definition) is 0. The van der Waals surface area contributed by atoms with Gasteiger partial charge in [-0.1, -0.05) is 43.2 Å². The number of rotatable bonds is 3. The van der Waals surface area contributed by atoms with E-state index >= 15 is 0 Å². The lowest BCUT2D eigenvalue weighted by molar-refractivity contribution is -0.146. The number of fused-ring (bicyclic) bond motifs is 1. The maximum absolute atomic E-state index is 13.5. The van der Waals surface area contributed by atoms with Gasteiger partial charge in [-0.3, -0.25) is 9.59 Å². The first kappa shape index (κ1) is 17.3. The first-order chi connectivity index (χ1) is 13.2. The van der Waals surface area contributed by atoms with Crippen molar-refractivity contribution in [3.8, 4) is 0 Å². The largest absolute Gasteiger partial charge is 0.341 e. The van der Waals surface area contributed by atoms with Crippen molar-refractivity contribution in [2.75, 3.05) is 13.1 Å². The molecule has 0 N–H and O–H groups in total. The van der Waals surface area contributed by atoms with Crippen LogP contribution in [0.4, 0.5) is 0 Å². The molecule has 27 heavy (non-hydrogen) atoms. The molecular formula is C23H30N2O2. The second-order valence-electron chi connectivity index (χ2n) is 9.00. The minimum Gasteiger partial charge on any atom is -0.341 e. The molecule has 2 amide bonds. The van der Waals surface area contributed by atoms with Crippen molar-refractivity contribution in [3.05, 3.63) is 35.9 Å². The van der Waals surface area contributed by atoms with Gasteiger partial charge in [-0.2, -0.15) is 0 Å². The lowest BCUT2D eigenvalue weighted by Crippen LogP contribution is -2.50. The van der Waals surface area contributed by atoms with Crippen LogP contribution in [-0.4, -0.2) is 46.8 Å². The van der Waals surface area contributed by atoms with Crippen LogP contribution in [0.15, 0.2) is 30.3 Å². The van der Waals surface area contributed by atoms with Gasteiger partial charge < -0.3 is 9.80 Å². The molecule has 144 valence electrons. The van der Waals surface area contributed by atoms with E-state index in [-0.39, 0.29) is 23.8 Å². The Morgan fingerprint density at radius 1 is 0.852 bits per heavy atom. The molecule has 5 rings (SSSR count). The van der Waals surface area contributed by atoms with Gasteiger partial charge in [0.15, 0.2) is 0 Å². The van der Waals surface area contributed by atoms with E-state index in [0.717, 1.165) is 45.2 Å². The van der Waals surface area contributed by atoms with Gasteiger partial charge in [-0.25, -0.2) is 0 Å². The Labute approximate surface area is 161 Å². The van der Waals surface area contributed by atoms with E-state index in [4.69, 9.17) is 0 Å². The smallest absolute Gasteiger partial charge is 0.245 e. The molecule has 5 atom stereocenters. The highest BCUT2D eigenvalue weighted by atomic mass is 16.2. The lowest BCUT2D eigenvalue weighted by Gasteiger charge is -2.35. The van der Waals surface area contributed by atoms with E-state index < -0.39 is 0 Å². The third kappa shape index (κ3) is 3.07. The number of amides is 2. The van der Waals surface area contributed by atoms with Crippen molar-refractivity contribution < 1.29 is 9.59 Å². The topological polar surface area (TPSA) is 40.6 Å². The normalized spacial score (nSPS) is 35.2. The van der Waals surface area contributed by atoms with E-state index in [1.54, 1.807) is 0 Å². The van der Waals surface area contributed by atoms with E-state index in [1.165, 1.54) is 24.8 Å². The zero-order chi connectivity index (χ0) is 18.4. The molecule has 1 aromatic rings. The maximum Gasteiger partial charge on any atom is 0.245 e. The maximum atomic E-state index is 13.5. The summed E-state index contributed by atoms with van der Waals surface area (Å²) in [5, 5.41) is 0. The molecule has 2 saturated carbocycles. The molecule has 2 aliphatic carbocycles. The molecule has 3 unspecified atom stereocenters. The number of nitrogens with zero attached hydrogens (tertiary/aromatic N) is 2. The standard InChI is InChI=1S/C23H30N2O2/c26-22(19-15-18(19)16-8-2-1-3-9-16)25-20-11-5-4-10-17(20)14-21(25)23(27)24-12-6-7-13-24/h1-3,8-9,17-21H,4-7,10-15H2/t17?,18-,19+,20?,21?/m1/s1. The van der Waals surface area contributed by atoms with Gasteiger partial charge in [0.1, 0.15) is 6.04 Å². The fourth-order valence-corrected chi connectivity index (χ4v) is 5.87. The van der Waals surface area contributed by atoms with Crippen molar-refractivity contribution >= 4 is 11.8 Å². The Balaban J connectivity index is 1.37. The van der Waals surface area contributed by atoms with Crippen molar-refractivity contribution in [2.45, 2.75) is 69.4 Å². The highest BCUT2D eigenvalue weighted by Gasteiger charge is 2.54. The number of hydrogen-bond acceptors (Lipinski definition) is 2.